The highest BCUT2D eigenvalue weighted by molar-refractivity contribution is 6.25. The zero-order chi connectivity index (χ0) is 21.3. The topological polar surface area (TPSA) is 94.4 Å². The molecule has 31 heavy (non-hydrogen) atoms. The summed E-state index contributed by atoms with van der Waals surface area (Å²) in [6.45, 7) is 1.90. The van der Waals surface area contributed by atoms with E-state index in [2.05, 4.69) is 15.7 Å². The summed E-state index contributed by atoms with van der Waals surface area (Å²) >= 11 is 0. The molecule has 1 aromatic rings. The van der Waals surface area contributed by atoms with Gasteiger partial charge in [-0.2, -0.15) is 5.11 Å². The van der Waals surface area contributed by atoms with Crippen molar-refractivity contribution in [3.63, 3.8) is 0 Å². The minimum atomic E-state index is -0.874. The third-order valence-corrected chi connectivity index (χ3v) is 7.90. The van der Waals surface area contributed by atoms with E-state index in [1.165, 1.54) is 29.2 Å². The maximum Gasteiger partial charge on any atom is 0.263 e. The van der Waals surface area contributed by atoms with Crippen molar-refractivity contribution >= 4 is 23.4 Å². The minimum absolute atomic E-state index is 0.0484. The molecule has 3 amide bonds. The molecule has 6 aliphatic rings. The average Bonchev–Trinajstić information content (AvgIpc) is 3.21. The molecule has 4 saturated carbocycles. The summed E-state index contributed by atoms with van der Waals surface area (Å²) in [6.07, 6.45) is 7.13. The number of nitrogens with one attached hydrogen (secondary N) is 1. The fourth-order valence-corrected chi connectivity index (χ4v) is 7.05. The summed E-state index contributed by atoms with van der Waals surface area (Å²) in [7, 11) is 0. The SMILES string of the molecule is Cc1ccc(N2C(=O)[C@@H]3N=NN(CC(=O)NC45CC6CC(CC(C6)C4)C5)[C@H]3C2=O)cc1. The number of imide groups is 1. The van der Waals surface area contributed by atoms with Gasteiger partial charge in [-0.25, -0.2) is 4.90 Å². The van der Waals surface area contributed by atoms with Gasteiger partial charge in [0.05, 0.1) is 5.69 Å². The smallest absolute Gasteiger partial charge is 0.263 e. The molecular weight excluding hydrogens is 394 g/mol. The molecule has 0 spiro atoms. The summed E-state index contributed by atoms with van der Waals surface area (Å²) in [5, 5.41) is 12.8. The molecule has 4 aliphatic carbocycles. The van der Waals surface area contributed by atoms with Crippen LogP contribution in [-0.4, -0.2) is 46.9 Å². The van der Waals surface area contributed by atoms with Crippen molar-refractivity contribution in [2.75, 3.05) is 11.4 Å². The molecule has 1 aromatic carbocycles. The van der Waals surface area contributed by atoms with Gasteiger partial charge in [0, 0.05) is 5.54 Å². The van der Waals surface area contributed by atoms with E-state index >= 15 is 0 Å². The summed E-state index contributed by atoms with van der Waals surface area (Å²) in [4.78, 5) is 40.1. The van der Waals surface area contributed by atoms with Gasteiger partial charge in [0.1, 0.15) is 6.54 Å². The summed E-state index contributed by atoms with van der Waals surface area (Å²) in [5.74, 6) is 1.33. The number of nitrogens with zero attached hydrogens (tertiary/aromatic N) is 4. The Labute approximate surface area is 181 Å². The molecule has 0 unspecified atom stereocenters. The number of fused-ring (bicyclic) bond motifs is 1. The van der Waals surface area contributed by atoms with Crippen molar-refractivity contribution < 1.29 is 14.4 Å². The first-order valence-electron chi connectivity index (χ1n) is 11.3. The predicted molar refractivity (Wildman–Crippen MR) is 112 cm³/mol. The van der Waals surface area contributed by atoms with Gasteiger partial charge in [-0.05, 0) is 75.3 Å². The lowest BCUT2D eigenvalue weighted by atomic mass is 9.53. The number of carbonyl (C=O) groups excluding carboxylic acids is 3. The van der Waals surface area contributed by atoms with Crippen LogP contribution in [0.4, 0.5) is 5.69 Å². The van der Waals surface area contributed by atoms with Gasteiger partial charge in [-0.3, -0.25) is 19.4 Å². The van der Waals surface area contributed by atoms with Crippen molar-refractivity contribution in [1.82, 2.24) is 10.3 Å². The third-order valence-electron chi connectivity index (χ3n) is 7.90. The van der Waals surface area contributed by atoms with E-state index in [0.717, 1.165) is 42.6 Å². The Hall–Kier alpha value is -2.77. The van der Waals surface area contributed by atoms with Crippen molar-refractivity contribution in [3.8, 4) is 0 Å². The van der Waals surface area contributed by atoms with Crippen LogP contribution in [-0.2, 0) is 14.4 Å². The zero-order valence-electron chi connectivity index (χ0n) is 17.7. The zero-order valence-corrected chi connectivity index (χ0v) is 17.7. The van der Waals surface area contributed by atoms with E-state index < -0.39 is 12.1 Å². The van der Waals surface area contributed by atoms with Crippen LogP contribution < -0.4 is 10.2 Å². The Morgan fingerprint density at radius 1 is 1.03 bits per heavy atom. The van der Waals surface area contributed by atoms with E-state index in [1.54, 1.807) is 12.1 Å². The van der Waals surface area contributed by atoms with Crippen molar-refractivity contribution in [3.05, 3.63) is 29.8 Å². The van der Waals surface area contributed by atoms with Gasteiger partial charge in [0.15, 0.2) is 12.1 Å². The first kappa shape index (κ1) is 19.0. The minimum Gasteiger partial charge on any atom is -0.349 e. The summed E-state index contributed by atoms with van der Waals surface area (Å²) in [5.41, 5.74) is 1.49. The summed E-state index contributed by atoms with van der Waals surface area (Å²) < 4.78 is 0. The lowest BCUT2D eigenvalue weighted by Gasteiger charge is -2.57. The lowest BCUT2D eigenvalue weighted by molar-refractivity contribution is -0.129. The fourth-order valence-electron chi connectivity index (χ4n) is 7.05. The van der Waals surface area contributed by atoms with E-state index in [0.29, 0.717) is 5.69 Å². The van der Waals surface area contributed by atoms with Gasteiger partial charge in [-0.1, -0.05) is 22.9 Å². The molecule has 8 heteroatoms. The summed E-state index contributed by atoms with van der Waals surface area (Å²) in [6, 6.07) is 5.53. The van der Waals surface area contributed by atoms with Crippen LogP contribution in [0.2, 0.25) is 0 Å². The highest BCUT2D eigenvalue weighted by Crippen LogP contribution is 2.55. The number of carbonyl (C=O) groups is 3. The highest BCUT2D eigenvalue weighted by Gasteiger charge is 2.56. The molecule has 8 nitrogen and oxygen atoms in total. The number of anilines is 1. The van der Waals surface area contributed by atoms with Crippen LogP contribution in [0.25, 0.3) is 0 Å². The molecule has 2 aliphatic heterocycles. The Morgan fingerprint density at radius 2 is 1.65 bits per heavy atom. The number of benzene rings is 1. The maximum absolute atomic E-state index is 13.1. The van der Waals surface area contributed by atoms with Gasteiger partial charge < -0.3 is 5.32 Å². The number of hydrogen-bond donors (Lipinski definition) is 1. The Morgan fingerprint density at radius 3 is 2.26 bits per heavy atom. The molecule has 2 heterocycles. The molecule has 0 aromatic heterocycles. The van der Waals surface area contributed by atoms with Crippen LogP contribution >= 0.6 is 0 Å². The van der Waals surface area contributed by atoms with Crippen LogP contribution in [0.3, 0.4) is 0 Å². The molecule has 0 radical (unpaired) electrons. The second-order valence-electron chi connectivity index (χ2n) is 10.3. The Bertz CT molecular complexity index is 952. The predicted octanol–water partition coefficient (Wildman–Crippen LogP) is 2.37. The van der Waals surface area contributed by atoms with E-state index in [1.807, 2.05) is 19.1 Å². The van der Waals surface area contributed by atoms with Crippen LogP contribution in [0.5, 0.6) is 0 Å². The standard InChI is InChI=1S/C23H27N5O3/c1-13-2-4-17(5-3-13)28-21(30)19-20(22(28)31)27(26-25-19)12-18(29)24-23-9-14-6-15(10-23)8-16(7-14)11-23/h2-5,14-16,19-20H,6-12H2,1H3,(H,24,29)/t14?,15?,16?,19-,20-,23?/m1/s1. The number of rotatable bonds is 4. The number of aryl methyl sites for hydroxylation is 1. The molecule has 1 N–H and O–H groups in total. The molecule has 4 bridgehead atoms. The van der Waals surface area contributed by atoms with Crippen molar-refractivity contribution in [1.29, 1.82) is 0 Å². The van der Waals surface area contributed by atoms with Gasteiger partial charge in [0.2, 0.25) is 5.91 Å². The second-order valence-corrected chi connectivity index (χ2v) is 10.3. The Balaban J connectivity index is 1.16. The van der Waals surface area contributed by atoms with Crippen LogP contribution in [0, 0.1) is 24.7 Å². The lowest BCUT2D eigenvalue weighted by Crippen LogP contribution is -2.61. The van der Waals surface area contributed by atoms with E-state index in [9.17, 15) is 14.4 Å². The normalized spacial score (nSPS) is 37.6. The Kier molecular flexibility index (Phi) is 4.04. The quantitative estimate of drug-likeness (QED) is 0.755. The fraction of sp³-hybridized carbons (Fsp3) is 0.609. The molecule has 7 rings (SSSR count). The third kappa shape index (κ3) is 2.98. The number of amides is 3. The molecule has 2 atom stereocenters. The van der Waals surface area contributed by atoms with E-state index in [4.69, 9.17) is 0 Å². The first-order chi connectivity index (χ1) is 14.9. The van der Waals surface area contributed by atoms with E-state index in [-0.39, 0.29) is 29.8 Å². The largest absolute Gasteiger partial charge is 0.349 e. The van der Waals surface area contributed by atoms with Gasteiger partial charge in [0.25, 0.3) is 11.8 Å². The second kappa shape index (κ2) is 6.61. The van der Waals surface area contributed by atoms with Crippen LogP contribution in [0.15, 0.2) is 34.6 Å². The highest BCUT2D eigenvalue weighted by atomic mass is 16.2. The maximum atomic E-state index is 13.1. The molecule has 5 fully saturated rings. The first-order valence-corrected chi connectivity index (χ1v) is 11.3. The molecule has 162 valence electrons. The molecular formula is C23H27N5O3. The number of hydrogen-bond acceptors (Lipinski definition) is 6. The van der Waals surface area contributed by atoms with Crippen molar-refractivity contribution in [2.45, 2.75) is 63.1 Å². The molecule has 1 saturated heterocycles. The van der Waals surface area contributed by atoms with Crippen LogP contribution in [0.1, 0.15) is 44.1 Å². The van der Waals surface area contributed by atoms with Crippen molar-refractivity contribution in [2.24, 2.45) is 28.1 Å². The van der Waals surface area contributed by atoms with Gasteiger partial charge >= 0.3 is 0 Å². The average molecular weight is 422 g/mol. The monoisotopic (exact) mass is 421 g/mol. The van der Waals surface area contributed by atoms with Gasteiger partial charge in [-0.15, -0.1) is 0 Å².